The Balaban J connectivity index is 3.04. The van der Waals surface area contributed by atoms with Crippen LogP contribution in [0.3, 0.4) is 0 Å². The van der Waals surface area contributed by atoms with Crippen molar-refractivity contribution in [3.8, 4) is 0 Å². The summed E-state index contributed by atoms with van der Waals surface area (Å²) in [6.45, 7) is 17.6. The van der Waals surface area contributed by atoms with Crippen molar-refractivity contribution in [2.24, 2.45) is 0 Å². The Morgan fingerprint density at radius 3 is 0.609 bits per heavy atom. The molecule has 0 unspecified atom stereocenters. The predicted octanol–water partition coefficient (Wildman–Crippen LogP) is 1.56. The number of nitrogens with zero attached hydrogens (tertiary/aromatic N) is 1. The maximum atomic E-state index is 5.49. The van der Waals surface area contributed by atoms with E-state index in [2.05, 4.69) is 11.8 Å². The molecule has 0 radical (unpaired) electrons. The molecule has 0 atom stereocenters. The van der Waals surface area contributed by atoms with Gasteiger partial charge in [-0.3, -0.25) is 0 Å². The van der Waals surface area contributed by atoms with Crippen molar-refractivity contribution in [1.29, 1.82) is 0 Å². The minimum absolute atomic E-state index is 0.515. The van der Waals surface area contributed by atoms with Gasteiger partial charge < -0.3 is 66.5 Å². The highest BCUT2D eigenvalue weighted by Crippen LogP contribution is 1.89. The molecule has 14 nitrogen and oxygen atoms in total. The fourth-order valence-corrected chi connectivity index (χ4v) is 3.23. The Hall–Kier alpha value is -0.560. The Kier molecular flexibility index (Phi) is 41.9. The van der Waals surface area contributed by atoms with E-state index in [1.165, 1.54) is 0 Å². The van der Waals surface area contributed by atoms with E-state index < -0.39 is 0 Å². The molecule has 0 aliphatic rings. The van der Waals surface area contributed by atoms with Gasteiger partial charge in [-0.1, -0.05) is 13.3 Å². The summed E-state index contributed by atoms with van der Waals surface area (Å²) >= 11 is 0. The molecule has 0 N–H and O–H groups in total. The summed E-state index contributed by atoms with van der Waals surface area (Å²) in [4.78, 5) is 2.08. The molecule has 0 aromatic carbocycles. The summed E-state index contributed by atoms with van der Waals surface area (Å²) in [5.74, 6) is 0. The Morgan fingerprint density at radius 2 is 0.435 bits per heavy atom. The van der Waals surface area contributed by atoms with Crippen LogP contribution >= 0.6 is 0 Å². The van der Waals surface area contributed by atoms with Crippen LogP contribution in [0.5, 0.6) is 0 Å². The van der Waals surface area contributed by atoms with E-state index in [0.29, 0.717) is 159 Å². The lowest BCUT2D eigenvalue weighted by molar-refractivity contribution is -0.0291. The van der Waals surface area contributed by atoms with Crippen LogP contribution in [0, 0.1) is 0 Å². The number of likely N-dealkylation sites (N-methyl/N-ethyl adjacent to an activating group) is 1. The van der Waals surface area contributed by atoms with Crippen LogP contribution in [-0.4, -0.2) is 197 Å². The van der Waals surface area contributed by atoms with Gasteiger partial charge in [-0.05, 0) is 20.5 Å². The minimum Gasteiger partial charge on any atom is -0.379 e. The summed E-state index contributed by atoms with van der Waals surface area (Å²) in [5, 5.41) is 0. The largest absolute Gasteiger partial charge is 0.379 e. The van der Waals surface area contributed by atoms with Gasteiger partial charge >= 0.3 is 0 Å². The van der Waals surface area contributed by atoms with Gasteiger partial charge in [0.15, 0.2) is 0 Å². The minimum atomic E-state index is 0.515. The Morgan fingerprint density at radius 1 is 0.261 bits per heavy atom. The Bertz CT molecular complexity index is 538. The van der Waals surface area contributed by atoms with Crippen molar-refractivity contribution < 1.29 is 61.6 Å². The topological polar surface area (TPSA) is 123 Å². The third-order valence-electron chi connectivity index (χ3n) is 5.79. The van der Waals surface area contributed by atoms with Crippen molar-refractivity contribution >= 4 is 0 Å². The average molecular weight is 674 g/mol. The maximum absolute atomic E-state index is 5.49. The van der Waals surface area contributed by atoms with Crippen LogP contribution in [0.15, 0.2) is 0 Å². The highest BCUT2D eigenvalue weighted by atomic mass is 16.6. The van der Waals surface area contributed by atoms with Gasteiger partial charge in [-0.2, -0.15) is 0 Å². The van der Waals surface area contributed by atoms with Gasteiger partial charge in [0, 0.05) is 13.2 Å². The lowest BCUT2D eigenvalue weighted by Crippen LogP contribution is -2.19. The zero-order valence-electron chi connectivity index (χ0n) is 29.3. The SMILES string of the molecule is CCCCOCCOCCOCCOCCOCCOCCOCCOCCOCCOCCOCCOCCOCCN(C)C. The van der Waals surface area contributed by atoms with E-state index in [1.807, 2.05) is 14.1 Å². The molecule has 0 fully saturated rings. The second-order valence-corrected chi connectivity index (χ2v) is 10.1. The fourth-order valence-electron chi connectivity index (χ4n) is 3.23. The molecule has 0 aromatic heterocycles. The van der Waals surface area contributed by atoms with Crippen molar-refractivity contribution in [3.63, 3.8) is 0 Å². The van der Waals surface area contributed by atoms with Crippen molar-refractivity contribution in [3.05, 3.63) is 0 Å². The lowest BCUT2D eigenvalue weighted by atomic mass is 10.4. The molecule has 0 spiro atoms. The predicted molar refractivity (Wildman–Crippen MR) is 174 cm³/mol. The first kappa shape index (κ1) is 45.4. The zero-order chi connectivity index (χ0) is 33.3. The zero-order valence-corrected chi connectivity index (χ0v) is 29.3. The maximum Gasteiger partial charge on any atom is 0.0701 e. The first-order valence-corrected chi connectivity index (χ1v) is 16.9. The van der Waals surface area contributed by atoms with Crippen molar-refractivity contribution in [2.75, 3.05) is 192 Å². The summed E-state index contributed by atoms with van der Waals surface area (Å²) < 4.78 is 71.0. The standard InChI is InChI=1S/C32H67NO13/c1-4-5-7-34-9-11-36-13-15-38-17-19-40-21-23-42-25-27-44-29-31-46-32-30-45-28-26-43-24-22-41-20-18-39-16-14-37-12-10-35-8-6-33(2)3/h4-32H2,1-3H3. The summed E-state index contributed by atoms with van der Waals surface area (Å²) in [7, 11) is 4.04. The van der Waals surface area contributed by atoms with Crippen LogP contribution < -0.4 is 0 Å². The highest BCUT2D eigenvalue weighted by Gasteiger charge is 1.97. The fraction of sp³-hybridized carbons (Fsp3) is 1.00. The molecule has 0 aliphatic heterocycles. The van der Waals surface area contributed by atoms with Crippen LogP contribution in [0.1, 0.15) is 19.8 Å². The molecule has 0 aromatic rings. The number of rotatable bonds is 42. The van der Waals surface area contributed by atoms with E-state index in [1.54, 1.807) is 0 Å². The van der Waals surface area contributed by atoms with Crippen LogP contribution in [0.25, 0.3) is 0 Å². The van der Waals surface area contributed by atoms with E-state index in [4.69, 9.17) is 61.6 Å². The van der Waals surface area contributed by atoms with Gasteiger partial charge in [0.05, 0.1) is 165 Å². The second kappa shape index (κ2) is 42.5. The van der Waals surface area contributed by atoms with E-state index in [9.17, 15) is 0 Å². The average Bonchev–Trinajstić information content (AvgIpc) is 3.05. The molecule has 0 heterocycles. The molecule has 0 rings (SSSR count). The first-order valence-electron chi connectivity index (χ1n) is 16.9. The smallest absolute Gasteiger partial charge is 0.0701 e. The summed E-state index contributed by atoms with van der Waals surface area (Å²) in [5.41, 5.74) is 0. The molecular weight excluding hydrogens is 606 g/mol. The second-order valence-electron chi connectivity index (χ2n) is 10.1. The highest BCUT2D eigenvalue weighted by molar-refractivity contribution is 4.41. The van der Waals surface area contributed by atoms with Crippen molar-refractivity contribution in [2.45, 2.75) is 19.8 Å². The van der Waals surface area contributed by atoms with Gasteiger partial charge in [0.1, 0.15) is 0 Å². The van der Waals surface area contributed by atoms with Gasteiger partial charge in [-0.25, -0.2) is 0 Å². The van der Waals surface area contributed by atoms with Crippen LogP contribution in [0.4, 0.5) is 0 Å². The van der Waals surface area contributed by atoms with Gasteiger partial charge in [0.25, 0.3) is 0 Å². The molecule has 278 valence electrons. The molecule has 0 aliphatic carbocycles. The number of unbranched alkanes of at least 4 members (excludes halogenated alkanes) is 1. The molecular formula is C32H67NO13. The number of ether oxygens (including phenoxy) is 13. The van der Waals surface area contributed by atoms with Gasteiger partial charge in [0.2, 0.25) is 0 Å². The normalized spacial score (nSPS) is 11.7. The Labute approximate surface area is 278 Å². The monoisotopic (exact) mass is 673 g/mol. The number of hydrogen-bond acceptors (Lipinski definition) is 14. The molecule has 0 bridgehead atoms. The molecule has 14 heteroatoms. The number of hydrogen-bond donors (Lipinski definition) is 0. The van der Waals surface area contributed by atoms with E-state index in [-0.39, 0.29) is 0 Å². The summed E-state index contributed by atoms with van der Waals surface area (Å²) in [6, 6.07) is 0. The quantitative estimate of drug-likeness (QED) is 0.0871. The lowest BCUT2D eigenvalue weighted by Gasteiger charge is -2.10. The van der Waals surface area contributed by atoms with Crippen LogP contribution in [-0.2, 0) is 61.6 Å². The van der Waals surface area contributed by atoms with Gasteiger partial charge in [-0.15, -0.1) is 0 Å². The van der Waals surface area contributed by atoms with Crippen molar-refractivity contribution in [1.82, 2.24) is 4.90 Å². The molecule has 0 amide bonds. The molecule has 0 saturated heterocycles. The third-order valence-corrected chi connectivity index (χ3v) is 5.79. The summed E-state index contributed by atoms with van der Waals surface area (Å²) in [6.07, 6.45) is 2.24. The molecule has 0 saturated carbocycles. The van der Waals surface area contributed by atoms with Crippen LogP contribution in [0.2, 0.25) is 0 Å². The third kappa shape index (κ3) is 43.4. The molecule has 46 heavy (non-hydrogen) atoms. The van der Waals surface area contributed by atoms with E-state index >= 15 is 0 Å². The van der Waals surface area contributed by atoms with E-state index in [0.717, 1.165) is 32.6 Å². The first-order chi connectivity index (χ1) is 22.8.